The molecule has 0 radical (unpaired) electrons. The summed E-state index contributed by atoms with van der Waals surface area (Å²) in [5.74, 6) is -11.3. The van der Waals surface area contributed by atoms with Gasteiger partial charge in [0.15, 0.2) is 0 Å². The molecule has 2 aliphatic carbocycles. The second kappa shape index (κ2) is 35.6. The van der Waals surface area contributed by atoms with Crippen LogP contribution in [0.25, 0.3) is 0 Å². The molecular weight excluding hydrogens is 1220 g/mol. The third-order valence-corrected chi connectivity index (χ3v) is 19.5. The number of hydrogen-bond acceptors (Lipinski definition) is 11. The SMILES string of the molecule is CC[C@H](C)[C@@H]1NC(=O)[C@H](CC(C)C)N(C)C(=O)C[C@@H](C)N(C)C(=O)[C@H](CC(C)C)NC(=O)C(C)(C)N(C)C(=O)[C@H](CC(C)C)NC(=O)[C@H](CCC2CCC(C(F)(F)F)C(F)C2)NC(=O)CN(C)C(=O)[C@H](CC2CCC(Cl)CC2)N(C)C(=O)CN(C)C(=O)CN(C)C1=O. The maximum Gasteiger partial charge on any atom is 0.394 e. The predicted octanol–water partition coefficient (Wildman–Crippen LogP) is 5.91. The zero-order chi connectivity index (χ0) is 70.2. The number of likely N-dealkylation sites (N-methyl/N-ethyl adjacent to an activating group) is 7. The van der Waals surface area contributed by atoms with E-state index in [-0.39, 0.29) is 80.4 Å². The minimum absolute atomic E-state index is 0.00967. The Morgan fingerprint density at radius 1 is 0.554 bits per heavy atom. The molecule has 526 valence electrons. The van der Waals surface area contributed by atoms with E-state index in [9.17, 15) is 65.9 Å². The number of amides is 11. The first kappa shape index (κ1) is 80.4. The lowest BCUT2D eigenvalue weighted by Gasteiger charge is -2.39. The molecule has 0 aromatic rings. The maximum absolute atomic E-state index is 15.2. The van der Waals surface area contributed by atoms with Crippen LogP contribution >= 0.6 is 11.6 Å². The van der Waals surface area contributed by atoms with E-state index in [1.165, 1.54) is 77.9 Å². The van der Waals surface area contributed by atoms with E-state index in [4.69, 9.17) is 11.6 Å². The monoisotopic (exact) mass is 1330 g/mol. The summed E-state index contributed by atoms with van der Waals surface area (Å²) in [7, 11) is 9.79. The summed E-state index contributed by atoms with van der Waals surface area (Å²) in [4.78, 5) is 167. The number of hydrogen-bond donors (Lipinski definition) is 4. The summed E-state index contributed by atoms with van der Waals surface area (Å²) in [5, 5.41) is 11.1. The Bertz CT molecular complexity index is 2550. The van der Waals surface area contributed by atoms with Gasteiger partial charge in [-0.25, -0.2) is 4.39 Å². The molecule has 0 bridgehead atoms. The van der Waals surface area contributed by atoms with Gasteiger partial charge in [0, 0.05) is 67.2 Å². The van der Waals surface area contributed by atoms with Gasteiger partial charge in [-0.3, -0.25) is 52.7 Å². The molecule has 4 N–H and O–H groups in total. The topological polar surface area (TPSA) is 259 Å². The summed E-state index contributed by atoms with van der Waals surface area (Å²) in [6, 6.07) is -8.19. The number of halogens is 5. The third kappa shape index (κ3) is 23.3. The molecule has 11 atom stereocenters. The van der Waals surface area contributed by atoms with E-state index in [1.807, 2.05) is 34.6 Å². The molecule has 1 saturated heterocycles. The summed E-state index contributed by atoms with van der Waals surface area (Å²) in [6.07, 6.45) is -4.91. The molecule has 1 heterocycles. The Kier molecular flexibility index (Phi) is 31.1. The summed E-state index contributed by atoms with van der Waals surface area (Å²) >= 11 is 6.47. The van der Waals surface area contributed by atoms with Gasteiger partial charge in [0.2, 0.25) is 65.0 Å². The highest BCUT2D eigenvalue weighted by Gasteiger charge is 2.48. The zero-order valence-corrected chi connectivity index (χ0v) is 58.7. The number of rotatable bonds is 13. The summed E-state index contributed by atoms with van der Waals surface area (Å²) < 4.78 is 56.4. The Labute approximate surface area is 548 Å². The normalized spacial score (nSPS) is 29.6. The molecule has 3 fully saturated rings. The molecule has 0 aromatic heterocycles. The molecular formula is C65H110ClF4N11O11. The number of nitrogens with one attached hydrogen (secondary N) is 4. The molecule has 92 heavy (non-hydrogen) atoms. The van der Waals surface area contributed by atoms with Crippen LogP contribution in [0.2, 0.25) is 0 Å². The van der Waals surface area contributed by atoms with Crippen molar-refractivity contribution in [1.29, 1.82) is 0 Å². The smallest absolute Gasteiger partial charge is 0.343 e. The van der Waals surface area contributed by atoms with Crippen LogP contribution in [0.4, 0.5) is 17.6 Å². The minimum Gasteiger partial charge on any atom is -0.343 e. The Balaban J connectivity index is 2.20. The van der Waals surface area contributed by atoms with E-state index in [0.717, 1.165) is 19.6 Å². The van der Waals surface area contributed by atoms with Crippen LogP contribution in [0, 0.1) is 41.4 Å². The van der Waals surface area contributed by atoms with Crippen molar-refractivity contribution in [3.05, 3.63) is 0 Å². The molecule has 1 aliphatic heterocycles. The Morgan fingerprint density at radius 2 is 1.08 bits per heavy atom. The van der Waals surface area contributed by atoms with Crippen molar-refractivity contribution < 1.29 is 70.3 Å². The van der Waals surface area contributed by atoms with Crippen LogP contribution in [-0.4, -0.2) is 234 Å². The van der Waals surface area contributed by atoms with Crippen LogP contribution in [0.3, 0.4) is 0 Å². The van der Waals surface area contributed by atoms with E-state index < -0.39 is 175 Å². The van der Waals surface area contributed by atoms with Gasteiger partial charge in [-0.05, 0) is 140 Å². The molecule has 0 aromatic carbocycles. The van der Waals surface area contributed by atoms with Crippen molar-refractivity contribution in [3.63, 3.8) is 0 Å². The standard InChI is InChI=1S/C65H110ClF4N11O11/c1-19-40(8)56-62(91)77(14)35-54(84)75(12)36-55(85)80(17)51(33-43-20-24-44(66)25-21-43)61(90)76(13)34-52(82)71-47(27-23-42-22-26-45(46(67)32-42)65(68,69)70)57(86)72-49(29-38(4)5)60(89)81(18)64(10,11)63(92)73-48(28-37(2)3)59(88)78(15)41(9)31-53(83)79(16)50(30-39(6)7)58(87)74-56/h37-51,56H,19-36H2,1-18H3,(H,71,82)(H,72,86)(H,73,92)(H,74,87)/t40-,41+,42?,43?,44?,45?,46?,47-,48-,49-,50-,51-,56-/m0/s1. The second-order valence-corrected chi connectivity index (χ2v) is 29.0. The fourth-order valence-corrected chi connectivity index (χ4v) is 12.5. The van der Waals surface area contributed by atoms with Crippen molar-refractivity contribution >= 4 is 76.6 Å². The van der Waals surface area contributed by atoms with Gasteiger partial charge in [0.05, 0.1) is 25.6 Å². The average molecular weight is 1330 g/mol. The maximum atomic E-state index is 15.2. The van der Waals surface area contributed by atoms with E-state index in [2.05, 4.69) is 21.3 Å². The first-order chi connectivity index (χ1) is 42.5. The van der Waals surface area contributed by atoms with E-state index in [0.29, 0.717) is 32.1 Å². The quantitative estimate of drug-likeness (QED) is 0.124. The molecule has 0 spiro atoms. The highest BCUT2D eigenvalue weighted by atomic mass is 35.5. The molecule has 2 saturated carbocycles. The molecule has 3 aliphatic rings. The van der Waals surface area contributed by atoms with Crippen LogP contribution in [0.1, 0.15) is 172 Å². The lowest BCUT2D eigenvalue weighted by molar-refractivity contribution is -0.201. The van der Waals surface area contributed by atoms with Crippen LogP contribution in [0.15, 0.2) is 0 Å². The largest absolute Gasteiger partial charge is 0.394 e. The van der Waals surface area contributed by atoms with Crippen LogP contribution < -0.4 is 21.3 Å². The fourth-order valence-electron chi connectivity index (χ4n) is 12.2. The minimum atomic E-state index is -4.75. The van der Waals surface area contributed by atoms with Crippen molar-refractivity contribution in [2.75, 3.05) is 69.0 Å². The predicted molar refractivity (Wildman–Crippen MR) is 342 cm³/mol. The zero-order valence-electron chi connectivity index (χ0n) is 58.0. The number of carbonyl (C=O) groups is 11. The molecule has 11 amide bonds. The Morgan fingerprint density at radius 3 is 1.61 bits per heavy atom. The van der Waals surface area contributed by atoms with Crippen molar-refractivity contribution in [2.45, 2.75) is 238 Å². The first-order valence-corrected chi connectivity index (χ1v) is 33.3. The second-order valence-electron chi connectivity index (χ2n) is 28.4. The molecule has 22 nitrogen and oxygen atoms in total. The Hall–Kier alpha value is -5.82. The van der Waals surface area contributed by atoms with E-state index in [1.54, 1.807) is 27.7 Å². The van der Waals surface area contributed by atoms with Crippen molar-refractivity contribution in [1.82, 2.24) is 55.6 Å². The molecule has 3 rings (SSSR count). The van der Waals surface area contributed by atoms with Gasteiger partial charge >= 0.3 is 6.18 Å². The summed E-state index contributed by atoms with van der Waals surface area (Å²) in [5.41, 5.74) is -1.71. The third-order valence-electron chi connectivity index (χ3n) is 19.1. The lowest BCUT2D eigenvalue weighted by Crippen LogP contribution is -2.63. The van der Waals surface area contributed by atoms with Crippen molar-refractivity contribution in [3.8, 4) is 0 Å². The molecule has 27 heteroatoms. The summed E-state index contributed by atoms with van der Waals surface area (Å²) in [6.45, 7) is 17.4. The number of alkyl halides is 5. The van der Waals surface area contributed by atoms with Gasteiger partial charge < -0.3 is 55.6 Å². The van der Waals surface area contributed by atoms with Gasteiger partial charge in [0.25, 0.3) is 0 Å². The number of carbonyl (C=O) groups excluding carboxylic acids is 11. The average Bonchev–Trinajstić information content (AvgIpc) is 3.63. The lowest BCUT2D eigenvalue weighted by atomic mass is 9.78. The fraction of sp³-hybridized carbons (Fsp3) is 0.831. The molecule has 3 unspecified atom stereocenters. The van der Waals surface area contributed by atoms with Gasteiger partial charge in [-0.2, -0.15) is 13.2 Å². The van der Waals surface area contributed by atoms with E-state index >= 15 is 4.39 Å². The van der Waals surface area contributed by atoms with Gasteiger partial charge in [-0.1, -0.05) is 61.8 Å². The van der Waals surface area contributed by atoms with Gasteiger partial charge in [-0.15, -0.1) is 11.6 Å². The van der Waals surface area contributed by atoms with Crippen LogP contribution in [0.5, 0.6) is 0 Å². The highest BCUT2D eigenvalue weighted by Crippen LogP contribution is 2.43. The number of nitrogens with zero attached hydrogens (tertiary/aromatic N) is 7. The highest BCUT2D eigenvalue weighted by molar-refractivity contribution is 6.20. The van der Waals surface area contributed by atoms with Gasteiger partial charge in [0.1, 0.15) is 48.0 Å². The van der Waals surface area contributed by atoms with Crippen LogP contribution in [-0.2, 0) is 52.7 Å². The van der Waals surface area contributed by atoms with Crippen molar-refractivity contribution in [2.24, 2.45) is 41.4 Å². The first-order valence-electron chi connectivity index (χ1n) is 32.9.